The van der Waals surface area contributed by atoms with Crippen LogP contribution in [0.3, 0.4) is 0 Å². The molecular weight excluding hydrogens is 246 g/mol. The van der Waals surface area contributed by atoms with Crippen LogP contribution in [-0.2, 0) is 9.53 Å². The van der Waals surface area contributed by atoms with Crippen LogP contribution in [0.5, 0.6) is 0 Å². The molecule has 1 N–H and O–H groups in total. The molecule has 82 valence electrons. The highest BCUT2D eigenvalue weighted by molar-refractivity contribution is 9.09. The molecule has 0 radical (unpaired) electrons. The van der Waals surface area contributed by atoms with Gasteiger partial charge in [-0.05, 0) is 19.8 Å². The van der Waals surface area contributed by atoms with Gasteiger partial charge in [0, 0.05) is 17.5 Å². The van der Waals surface area contributed by atoms with Crippen molar-refractivity contribution in [3.63, 3.8) is 0 Å². The molecule has 1 aliphatic rings. The van der Waals surface area contributed by atoms with E-state index in [-0.39, 0.29) is 18.6 Å². The fourth-order valence-electron chi connectivity index (χ4n) is 1.69. The number of nitrogens with one attached hydrogen (secondary N) is 1. The van der Waals surface area contributed by atoms with Gasteiger partial charge in [-0.25, -0.2) is 0 Å². The SMILES string of the molecule is CCOCC(=O)NC1CCCCC1Br. The molecule has 1 fully saturated rings. The minimum absolute atomic E-state index is 0.00296. The Morgan fingerprint density at radius 1 is 1.50 bits per heavy atom. The van der Waals surface area contributed by atoms with E-state index in [1.807, 2.05) is 6.92 Å². The molecule has 14 heavy (non-hydrogen) atoms. The lowest BCUT2D eigenvalue weighted by molar-refractivity contribution is -0.126. The number of carbonyl (C=O) groups is 1. The zero-order valence-electron chi connectivity index (χ0n) is 8.59. The Kier molecular flexibility index (Phi) is 5.48. The second-order valence-electron chi connectivity index (χ2n) is 3.61. The summed E-state index contributed by atoms with van der Waals surface area (Å²) < 4.78 is 5.04. The van der Waals surface area contributed by atoms with Gasteiger partial charge in [-0.15, -0.1) is 0 Å². The Morgan fingerprint density at radius 2 is 2.21 bits per heavy atom. The Morgan fingerprint density at radius 3 is 2.86 bits per heavy atom. The first-order valence-electron chi connectivity index (χ1n) is 5.25. The molecule has 2 atom stereocenters. The van der Waals surface area contributed by atoms with Crippen LogP contribution in [0.4, 0.5) is 0 Å². The summed E-state index contributed by atoms with van der Waals surface area (Å²) in [5.41, 5.74) is 0. The number of ether oxygens (including phenoxy) is 1. The maximum absolute atomic E-state index is 11.4. The van der Waals surface area contributed by atoms with Crippen molar-refractivity contribution < 1.29 is 9.53 Å². The predicted octanol–water partition coefficient (Wildman–Crippen LogP) is 1.85. The van der Waals surface area contributed by atoms with Crippen molar-refractivity contribution in [1.29, 1.82) is 0 Å². The highest BCUT2D eigenvalue weighted by Gasteiger charge is 2.23. The number of carbonyl (C=O) groups excluding carboxylic acids is 1. The minimum Gasteiger partial charge on any atom is -0.372 e. The van der Waals surface area contributed by atoms with Crippen LogP contribution in [0, 0.1) is 0 Å². The molecule has 0 aromatic rings. The van der Waals surface area contributed by atoms with Crippen molar-refractivity contribution in [2.45, 2.75) is 43.5 Å². The molecule has 0 spiro atoms. The van der Waals surface area contributed by atoms with Gasteiger partial charge in [0.05, 0.1) is 0 Å². The number of halogens is 1. The summed E-state index contributed by atoms with van der Waals surface area (Å²) in [5.74, 6) is 0.00296. The molecule has 0 heterocycles. The van der Waals surface area contributed by atoms with E-state index in [1.54, 1.807) is 0 Å². The molecule has 0 aromatic heterocycles. The smallest absolute Gasteiger partial charge is 0.246 e. The summed E-state index contributed by atoms with van der Waals surface area (Å²) in [6, 6.07) is 0.289. The van der Waals surface area contributed by atoms with Gasteiger partial charge in [-0.1, -0.05) is 28.8 Å². The van der Waals surface area contributed by atoms with Gasteiger partial charge < -0.3 is 10.1 Å². The van der Waals surface area contributed by atoms with E-state index in [4.69, 9.17) is 4.74 Å². The zero-order chi connectivity index (χ0) is 10.4. The summed E-state index contributed by atoms with van der Waals surface area (Å²) in [7, 11) is 0. The Labute approximate surface area is 93.7 Å². The van der Waals surface area contributed by atoms with Crippen LogP contribution in [0.2, 0.25) is 0 Å². The van der Waals surface area contributed by atoms with Crippen LogP contribution < -0.4 is 5.32 Å². The lowest BCUT2D eigenvalue weighted by Gasteiger charge is -2.28. The normalized spacial score (nSPS) is 27.3. The largest absolute Gasteiger partial charge is 0.372 e. The first-order chi connectivity index (χ1) is 6.74. The highest BCUT2D eigenvalue weighted by atomic mass is 79.9. The van der Waals surface area contributed by atoms with E-state index in [1.165, 1.54) is 12.8 Å². The van der Waals surface area contributed by atoms with Gasteiger partial charge in [0.1, 0.15) is 6.61 Å². The van der Waals surface area contributed by atoms with E-state index < -0.39 is 0 Å². The van der Waals surface area contributed by atoms with Gasteiger partial charge in [-0.2, -0.15) is 0 Å². The highest BCUT2D eigenvalue weighted by Crippen LogP contribution is 2.24. The van der Waals surface area contributed by atoms with Gasteiger partial charge in [0.2, 0.25) is 5.91 Å². The van der Waals surface area contributed by atoms with Crippen LogP contribution in [-0.4, -0.2) is 30.0 Å². The second kappa shape index (κ2) is 6.40. The average Bonchev–Trinajstić information content (AvgIpc) is 2.18. The van der Waals surface area contributed by atoms with Crippen molar-refractivity contribution in [3.05, 3.63) is 0 Å². The van der Waals surface area contributed by atoms with Gasteiger partial charge in [-0.3, -0.25) is 4.79 Å². The second-order valence-corrected chi connectivity index (χ2v) is 4.79. The van der Waals surface area contributed by atoms with Crippen LogP contribution in [0.1, 0.15) is 32.6 Å². The third kappa shape index (κ3) is 3.96. The topological polar surface area (TPSA) is 38.3 Å². The van der Waals surface area contributed by atoms with Crippen molar-refractivity contribution in [3.8, 4) is 0 Å². The van der Waals surface area contributed by atoms with E-state index >= 15 is 0 Å². The Balaban J connectivity index is 2.23. The summed E-state index contributed by atoms with van der Waals surface area (Å²) in [4.78, 5) is 11.8. The Hall–Kier alpha value is -0.0900. The molecule has 2 unspecified atom stereocenters. The Bertz CT molecular complexity index is 187. The molecular formula is C10H18BrNO2. The molecule has 1 rings (SSSR count). The van der Waals surface area contributed by atoms with Crippen molar-refractivity contribution in [2.24, 2.45) is 0 Å². The molecule has 1 amide bonds. The van der Waals surface area contributed by atoms with Crippen LogP contribution in [0.25, 0.3) is 0 Å². The van der Waals surface area contributed by atoms with E-state index in [9.17, 15) is 4.79 Å². The fraction of sp³-hybridized carbons (Fsp3) is 0.900. The monoisotopic (exact) mass is 263 g/mol. The molecule has 0 aromatic carbocycles. The summed E-state index contributed by atoms with van der Waals surface area (Å²) in [6.45, 7) is 2.67. The van der Waals surface area contributed by atoms with Crippen molar-refractivity contribution in [1.82, 2.24) is 5.32 Å². The quantitative estimate of drug-likeness (QED) is 0.787. The molecule has 0 bridgehead atoms. The van der Waals surface area contributed by atoms with Crippen molar-refractivity contribution >= 4 is 21.8 Å². The lowest BCUT2D eigenvalue weighted by atomic mass is 9.95. The standard InChI is InChI=1S/C10H18BrNO2/c1-2-14-7-10(13)12-9-6-4-3-5-8(9)11/h8-9H,2-7H2,1H3,(H,12,13). The number of amides is 1. The van der Waals surface area contributed by atoms with Crippen LogP contribution >= 0.6 is 15.9 Å². The van der Waals surface area contributed by atoms with Crippen LogP contribution in [0.15, 0.2) is 0 Å². The van der Waals surface area contributed by atoms with Gasteiger partial charge >= 0.3 is 0 Å². The number of hydrogen-bond donors (Lipinski definition) is 1. The zero-order valence-corrected chi connectivity index (χ0v) is 10.2. The number of rotatable bonds is 4. The maximum atomic E-state index is 11.4. The predicted molar refractivity (Wildman–Crippen MR) is 59.6 cm³/mol. The molecule has 1 aliphatic carbocycles. The average molecular weight is 264 g/mol. The number of alkyl halides is 1. The van der Waals surface area contributed by atoms with E-state index in [0.29, 0.717) is 11.4 Å². The van der Waals surface area contributed by atoms with E-state index in [2.05, 4.69) is 21.2 Å². The molecule has 1 saturated carbocycles. The summed E-state index contributed by atoms with van der Waals surface area (Å²) in [6.07, 6.45) is 4.70. The third-order valence-corrected chi connectivity index (χ3v) is 3.56. The minimum atomic E-state index is 0.00296. The first-order valence-corrected chi connectivity index (χ1v) is 6.16. The van der Waals surface area contributed by atoms with Gasteiger partial charge in [0.25, 0.3) is 0 Å². The molecule has 0 saturated heterocycles. The third-order valence-electron chi connectivity index (χ3n) is 2.47. The fourth-order valence-corrected chi connectivity index (χ4v) is 2.41. The molecule has 0 aliphatic heterocycles. The molecule has 4 heteroatoms. The first kappa shape index (κ1) is 12.0. The van der Waals surface area contributed by atoms with Gasteiger partial charge in [0.15, 0.2) is 0 Å². The lowest BCUT2D eigenvalue weighted by Crippen LogP contribution is -2.44. The summed E-state index contributed by atoms with van der Waals surface area (Å²) in [5, 5.41) is 2.99. The van der Waals surface area contributed by atoms with E-state index in [0.717, 1.165) is 12.8 Å². The molecule has 3 nitrogen and oxygen atoms in total. The number of hydrogen-bond acceptors (Lipinski definition) is 2. The van der Waals surface area contributed by atoms with Crippen molar-refractivity contribution in [2.75, 3.05) is 13.2 Å². The maximum Gasteiger partial charge on any atom is 0.246 e. The summed E-state index contributed by atoms with van der Waals surface area (Å²) >= 11 is 3.60.